The highest BCUT2D eigenvalue weighted by atomic mass is 16.5. The molecule has 0 saturated carbocycles. The number of ether oxygens (including phenoxy) is 2. The predicted octanol–water partition coefficient (Wildman–Crippen LogP) is 3.37. The third kappa shape index (κ3) is 3.58. The Morgan fingerprint density at radius 2 is 2.11 bits per heavy atom. The summed E-state index contributed by atoms with van der Waals surface area (Å²) in [7, 11) is 1.64. The Balaban J connectivity index is 1.39. The van der Waals surface area contributed by atoms with Crippen LogP contribution >= 0.6 is 0 Å². The minimum absolute atomic E-state index is 0.146. The molecule has 0 saturated heterocycles. The second-order valence-corrected chi connectivity index (χ2v) is 7.00. The molecule has 28 heavy (non-hydrogen) atoms. The van der Waals surface area contributed by atoms with Gasteiger partial charge in [-0.2, -0.15) is 5.10 Å². The van der Waals surface area contributed by atoms with Crippen LogP contribution in [0.15, 0.2) is 48.5 Å². The number of H-pyrrole nitrogens is 1. The third-order valence-corrected chi connectivity index (χ3v) is 5.09. The van der Waals surface area contributed by atoms with Crippen molar-refractivity contribution in [1.29, 1.82) is 0 Å². The van der Waals surface area contributed by atoms with E-state index in [-0.39, 0.29) is 11.8 Å². The van der Waals surface area contributed by atoms with E-state index in [0.29, 0.717) is 18.8 Å². The van der Waals surface area contributed by atoms with Gasteiger partial charge in [0.2, 0.25) is 0 Å². The number of amides is 1. The summed E-state index contributed by atoms with van der Waals surface area (Å²) in [5.41, 5.74) is 4.27. The minimum atomic E-state index is -0.146. The predicted molar refractivity (Wildman–Crippen MR) is 107 cm³/mol. The van der Waals surface area contributed by atoms with Gasteiger partial charge in [-0.05, 0) is 25.0 Å². The number of rotatable bonds is 5. The molecule has 0 aliphatic carbocycles. The average molecular weight is 377 g/mol. The maximum Gasteiger partial charge on any atom is 0.269 e. The van der Waals surface area contributed by atoms with E-state index in [0.717, 1.165) is 40.3 Å². The Kier molecular flexibility index (Phi) is 5.02. The van der Waals surface area contributed by atoms with Gasteiger partial charge in [0.05, 0.1) is 19.4 Å². The summed E-state index contributed by atoms with van der Waals surface area (Å²) in [6.07, 6.45) is 0.858. The average Bonchev–Trinajstić information content (AvgIpc) is 3.13. The molecule has 0 bridgehead atoms. The topological polar surface area (TPSA) is 76.2 Å². The zero-order valence-electron chi connectivity index (χ0n) is 16.0. The van der Waals surface area contributed by atoms with Crippen LogP contribution in [-0.2, 0) is 6.42 Å². The number of carbonyl (C=O) groups is 1. The van der Waals surface area contributed by atoms with E-state index < -0.39 is 0 Å². The van der Waals surface area contributed by atoms with Crippen LogP contribution in [0.1, 0.15) is 21.6 Å². The quantitative estimate of drug-likeness (QED) is 0.715. The lowest BCUT2D eigenvalue weighted by atomic mass is 9.96. The summed E-state index contributed by atoms with van der Waals surface area (Å²) in [5, 5.41) is 10.2. The van der Waals surface area contributed by atoms with Crippen molar-refractivity contribution in [3.63, 3.8) is 0 Å². The first-order valence-corrected chi connectivity index (χ1v) is 9.34. The van der Waals surface area contributed by atoms with Gasteiger partial charge in [0.25, 0.3) is 5.91 Å². The van der Waals surface area contributed by atoms with Crippen molar-refractivity contribution in [3.05, 3.63) is 65.4 Å². The number of hydrogen-bond donors (Lipinski definition) is 2. The fraction of sp³-hybridized carbons (Fsp3) is 0.273. The molecule has 2 N–H and O–H groups in total. The van der Waals surface area contributed by atoms with Gasteiger partial charge < -0.3 is 14.8 Å². The number of nitrogens with zero attached hydrogens (tertiary/aromatic N) is 1. The Hall–Kier alpha value is -3.28. The maximum atomic E-state index is 12.6. The number of fused-ring (bicyclic) bond motifs is 1. The number of hydrogen-bond acceptors (Lipinski definition) is 4. The van der Waals surface area contributed by atoms with Crippen LogP contribution in [0.3, 0.4) is 0 Å². The van der Waals surface area contributed by atoms with Crippen molar-refractivity contribution in [2.75, 3.05) is 20.3 Å². The molecule has 3 aromatic rings. The van der Waals surface area contributed by atoms with Crippen molar-refractivity contribution in [1.82, 2.24) is 15.5 Å². The van der Waals surface area contributed by atoms with Crippen LogP contribution in [0.4, 0.5) is 0 Å². The number of nitrogens with one attached hydrogen (secondary N) is 2. The van der Waals surface area contributed by atoms with E-state index in [1.807, 2.05) is 55.5 Å². The van der Waals surface area contributed by atoms with Crippen molar-refractivity contribution in [2.45, 2.75) is 13.3 Å². The minimum Gasteiger partial charge on any atom is -0.497 e. The number of aromatic amines is 1. The summed E-state index contributed by atoms with van der Waals surface area (Å²) in [5.74, 6) is 1.72. The lowest BCUT2D eigenvalue weighted by Gasteiger charge is -2.25. The first kappa shape index (κ1) is 18.1. The number of benzene rings is 2. The van der Waals surface area contributed by atoms with Crippen molar-refractivity contribution in [2.24, 2.45) is 5.92 Å². The first-order valence-electron chi connectivity index (χ1n) is 9.34. The molecule has 1 amide bonds. The normalized spacial score (nSPS) is 15.4. The van der Waals surface area contributed by atoms with E-state index in [1.165, 1.54) is 0 Å². The molecule has 4 rings (SSSR count). The summed E-state index contributed by atoms with van der Waals surface area (Å²) in [6, 6.07) is 15.7. The molecule has 1 aromatic heterocycles. The van der Waals surface area contributed by atoms with Crippen molar-refractivity contribution >= 4 is 5.91 Å². The molecule has 2 heterocycles. The van der Waals surface area contributed by atoms with Crippen LogP contribution in [-0.4, -0.2) is 36.4 Å². The third-order valence-electron chi connectivity index (χ3n) is 5.09. The Morgan fingerprint density at radius 1 is 1.29 bits per heavy atom. The Morgan fingerprint density at radius 3 is 2.89 bits per heavy atom. The van der Waals surface area contributed by atoms with E-state index in [4.69, 9.17) is 9.47 Å². The fourth-order valence-electron chi connectivity index (χ4n) is 3.49. The van der Waals surface area contributed by atoms with Crippen LogP contribution in [0.25, 0.3) is 11.3 Å². The molecular formula is C22H23N3O3. The van der Waals surface area contributed by atoms with E-state index in [9.17, 15) is 4.79 Å². The van der Waals surface area contributed by atoms with Crippen LogP contribution in [0.2, 0.25) is 0 Å². The molecule has 6 heteroatoms. The Bertz CT molecular complexity index is 982. The van der Waals surface area contributed by atoms with E-state index in [1.54, 1.807) is 7.11 Å². The highest BCUT2D eigenvalue weighted by Crippen LogP contribution is 2.31. The van der Waals surface area contributed by atoms with Crippen LogP contribution in [0.5, 0.6) is 11.5 Å². The number of carbonyl (C=O) groups excluding carboxylic acids is 1. The highest BCUT2D eigenvalue weighted by molar-refractivity contribution is 5.95. The van der Waals surface area contributed by atoms with E-state index >= 15 is 0 Å². The zero-order valence-corrected chi connectivity index (χ0v) is 16.0. The van der Waals surface area contributed by atoms with Crippen LogP contribution in [0, 0.1) is 12.8 Å². The lowest BCUT2D eigenvalue weighted by Crippen LogP contribution is -2.35. The molecule has 0 fully saturated rings. The van der Waals surface area contributed by atoms with Crippen molar-refractivity contribution < 1.29 is 14.3 Å². The smallest absolute Gasteiger partial charge is 0.269 e. The molecule has 1 aliphatic heterocycles. The van der Waals surface area contributed by atoms with Crippen molar-refractivity contribution in [3.8, 4) is 22.8 Å². The molecule has 1 unspecified atom stereocenters. The summed E-state index contributed by atoms with van der Waals surface area (Å²) >= 11 is 0. The lowest BCUT2D eigenvalue weighted by molar-refractivity contribution is 0.0933. The molecule has 0 radical (unpaired) electrons. The van der Waals surface area contributed by atoms with Gasteiger partial charge in [0.1, 0.15) is 17.2 Å². The number of methoxy groups -OCH3 is 1. The highest BCUT2D eigenvalue weighted by Gasteiger charge is 2.22. The second kappa shape index (κ2) is 7.76. The second-order valence-electron chi connectivity index (χ2n) is 7.00. The monoisotopic (exact) mass is 377 g/mol. The van der Waals surface area contributed by atoms with E-state index in [2.05, 4.69) is 15.5 Å². The molecule has 6 nitrogen and oxygen atoms in total. The maximum absolute atomic E-state index is 12.6. The summed E-state index contributed by atoms with van der Waals surface area (Å²) < 4.78 is 11.1. The molecule has 1 atom stereocenters. The van der Waals surface area contributed by atoms with Gasteiger partial charge in [-0.15, -0.1) is 0 Å². The number of aromatic nitrogens is 2. The summed E-state index contributed by atoms with van der Waals surface area (Å²) in [4.78, 5) is 12.6. The molecular weight excluding hydrogens is 354 g/mol. The van der Waals surface area contributed by atoms with Gasteiger partial charge in [0, 0.05) is 29.7 Å². The fourth-order valence-corrected chi connectivity index (χ4v) is 3.49. The Labute approximate surface area is 163 Å². The molecule has 144 valence electrons. The van der Waals surface area contributed by atoms with Gasteiger partial charge >= 0.3 is 0 Å². The van der Waals surface area contributed by atoms with Gasteiger partial charge in [0.15, 0.2) is 0 Å². The standard InChI is InChI=1S/C22H23N3O3/c1-14-20(16-6-4-3-5-7-16)24-25-21(14)22(26)23-12-15-10-17-8-9-18(27-2)11-19(17)28-13-15/h3-9,11,15H,10,12-13H2,1-2H3,(H,23,26)(H,24,25). The van der Waals surface area contributed by atoms with Crippen LogP contribution < -0.4 is 14.8 Å². The first-order chi connectivity index (χ1) is 13.7. The van der Waals surface area contributed by atoms with Gasteiger partial charge in [-0.1, -0.05) is 36.4 Å². The molecule has 1 aliphatic rings. The summed E-state index contributed by atoms with van der Waals surface area (Å²) in [6.45, 7) is 3.02. The van der Waals surface area contributed by atoms with Gasteiger partial charge in [-0.3, -0.25) is 9.89 Å². The zero-order chi connectivity index (χ0) is 19.5. The SMILES string of the molecule is COc1ccc2c(c1)OCC(CNC(=O)c1[nH]nc(-c3ccccc3)c1C)C2. The molecule has 0 spiro atoms. The largest absolute Gasteiger partial charge is 0.497 e. The van der Waals surface area contributed by atoms with Gasteiger partial charge in [-0.25, -0.2) is 0 Å². The molecule has 2 aromatic carbocycles.